The van der Waals surface area contributed by atoms with Gasteiger partial charge in [-0.1, -0.05) is 37.6 Å². The van der Waals surface area contributed by atoms with Crippen LogP contribution in [0.5, 0.6) is 0 Å². The van der Waals surface area contributed by atoms with Crippen molar-refractivity contribution in [1.29, 1.82) is 0 Å². The topological polar surface area (TPSA) is 89.8 Å². The number of rotatable bonds is 7. The molecule has 0 saturated carbocycles. The maximum atomic E-state index is 12.9. The molecule has 2 aromatic rings. The van der Waals surface area contributed by atoms with Crippen LogP contribution < -0.4 is 0 Å². The van der Waals surface area contributed by atoms with E-state index in [-0.39, 0.29) is 18.2 Å². The van der Waals surface area contributed by atoms with Crippen LogP contribution in [0.15, 0.2) is 36.4 Å². The summed E-state index contributed by atoms with van der Waals surface area (Å²) < 4.78 is 4.93. The first-order chi connectivity index (χ1) is 14.3. The first kappa shape index (κ1) is 24.8. The normalized spacial score (nSPS) is 9.93. The van der Waals surface area contributed by atoms with Gasteiger partial charge in [-0.3, -0.25) is 19.7 Å². The Balaban J connectivity index is 0.00000218. The average Bonchev–Trinajstić information content (AvgIpc) is 2.74. The molecule has 0 aliphatic carbocycles. The molecule has 162 valence electrons. The first-order valence-electron chi connectivity index (χ1n) is 10.1. The highest BCUT2D eigenvalue weighted by atomic mass is 16.6. The van der Waals surface area contributed by atoms with E-state index in [0.717, 1.165) is 5.56 Å². The fourth-order valence-corrected chi connectivity index (χ4v) is 2.98. The number of carbonyl (C=O) groups excluding carboxylic acids is 2. The molecule has 0 bridgehead atoms. The Morgan fingerprint density at radius 3 is 2.20 bits per heavy atom. The highest BCUT2D eigenvalue weighted by Gasteiger charge is 2.23. The molecule has 7 heteroatoms. The summed E-state index contributed by atoms with van der Waals surface area (Å²) >= 11 is 0. The van der Waals surface area contributed by atoms with E-state index in [1.54, 1.807) is 29.2 Å². The lowest BCUT2D eigenvalue weighted by atomic mass is 9.94. The minimum absolute atomic E-state index is 0.0461. The van der Waals surface area contributed by atoms with Crippen molar-refractivity contribution in [2.75, 3.05) is 13.1 Å². The second kappa shape index (κ2) is 11.7. The predicted octanol–water partition coefficient (Wildman–Crippen LogP) is 5.14. The number of nitro benzene ring substituents is 1. The van der Waals surface area contributed by atoms with Crippen molar-refractivity contribution in [3.05, 3.63) is 63.2 Å². The molecule has 0 aromatic heterocycles. The van der Waals surface area contributed by atoms with E-state index in [0.29, 0.717) is 35.3 Å². The maximum Gasteiger partial charge on any atom is 0.302 e. The fraction of sp³-hybridized carbons (Fsp3) is 0.391. The Morgan fingerprint density at radius 2 is 1.67 bits per heavy atom. The zero-order chi connectivity index (χ0) is 22.8. The van der Waals surface area contributed by atoms with Gasteiger partial charge in [0.25, 0.3) is 11.6 Å². The van der Waals surface area contributed by atoms with Crippen molar-refractivity contribution in [2.24, 2.45) is 0 Å². The number of hydrogen-bond donors (Lipinski definition) is 0. The number of esters is 1. The standard InChI is InChI=1S/C21H24N2O5.C2H6/c1-5-22(6-2)21(25)18-9-7-14(3)11-19(18)17-10-8-16(13-28-15(4)24)12-20(17)23(26)27;1-2/h7-12H,5-6,13H2,1-4H3;1-2H3. The fourth-order valence-electron chi connectivity index (χ4n) is 2.98. The van der Waals surface area contributed by atoms with Crippen molar-refractivity contribution in [3.63, 3.8) is 0 Å². The molecule has 7 nitrogen and oxygen atoms in total. The smallest absolute Gasteiger partial charge is 0.302 e. The van der Waals surface area contributed by atoms with Crippen molar-refractivity contribution in [3.8, 4) is 11.1 Å². The maximum absolute atomic E-state index is 12.9. The molecule has 2 rings (SSSR count). The zero-order valence-electron chi connectivity index (χ0n) is 18.5. The Hall–Kier alpha value is -3.22. The largest absolute Gasteiger partial charge is 0.461 e. The van der Waals surface area contributed by atoms with E-state index >= 15 is 0 Å². The number of amides is 1. The summed E-state index contributed by atoms with van der Waals surface area (Å²) in [5, 5.41) is 11.7. The number of nitrogens with zero attached hydrogens (tertiary/aromatic N) is 2. The van der Waals surface area contributed by atoms with Gasteiger partial charge in [0.05, 0.1) is 10.5 Å². The van der Waals surface area contributed by atoms with Gasteiger partial charge in [0.1, 0.15) is 6.61 Å². The molecule has 2 aromatic carbocycles. The van der Waals surface area contributed by atoms with Gasteiger partial charge in [-0.05, 0) is 38.5 Å². The summed E-state index contributed by atoms with van der Waals surface area (Å²) in [6, 6.07) is 9.96. The Morgan fingerprint density at radius 1 is 1.03 bits per heavy atom. The molecule has 0 spiro atoms. The van der Waals surface area contributed by atoms with Crippen LogP contribution in [-0.4, -0.2) is 34.8 Å². The van der Waals surface area contributed by atoms with E-state index in [9.17, 15) is 19.7 Å². The molecule has 0 atom stereocenters. The van der Waals surface area contributed by atoms with Crippen LogP contribution in [0.25, 0.3) is 11.1 Å². The van der Waals surface area contributed by atoms with Gasteiger partial charge in [0.2, 0.25) is 0 Å². The molecule has 0 aliphatic heterocycles. The Bertz CT molecular complexity index is 904. The van der Waals surface area contributed by atoms with E-state index in [4.69, 9.17) is 4.74 Å². The number of ether oxygens (including phenoxy) is 1. The number of nitro groups is 1. The lowest BCUT2D eigenvalue weighted by Gasteiger charge is -2.21. The zero-order valence-corrected chi connectivity index (χ0v) is 18.5. The summed E-state index contributed by atoms with van der Waals surface area (Å²) in [6.07, 6.45) is 0. The average molecular weight is 415 g/mol. The van der Waals surface area contributed by atoms with Crippen LogP contribution in [0.4, 0.5) is 5.69 Å². The summed E-state index contributed by atoms with van der Waals surface area (Å²) in [5.41, 5.74) is 2.56. The van der Waals surface area contributed by atoms with Crippen LogP contribution in [-0.2, 0) is 16.1 Å². The lowest BCUT2D eigenvalue weighted by molar-refractivity contribution is -0.384. The third kappa shape index (κ3) is 6.14. The molecule has 0 heterocycles. The predicted molar refractivity (Wildman–Crippen MR) is 117 cm³/mol. The van der Waals surface area contributed by atoms with Gasteiger partial charge < -0.3 is 9.64 Å². The summed E-state index contributed by atoms with van der Waals surface area (Å²) in [6.45, 7) is 12.0. The Kier molecular flexibility index (Phi) is 9.68. The van der Waals surface area contributed by atoms with Crippen molar-refractivity contribution in [2.45, 2.75) is 48.1 Å². The number of benzene rings is 2. The molecule has 0 unspecified atom stereocenters. The van der Waals surface area contributed by atoms with Gasteiger partial charge in [-0.25, -0.2) is 0 Å². The van der Waals surface area contributed by atoms with Gasteiger partial charge in [0, 0.05) is 37.2 Å². The number of hydrogen-bond acceptors (Lipinski definition) is 5. The van der Waals surface area contributed by atoms with E-state index < -0.39 is 10.9 Å². The van der Waals surface area contributed by atoms with Crippen molar-refractivity contribution in [1.82, 2.24) is 4.90 Å². The summed E-state index contributed by atoms with van der Waals surface area (Å²) in [4.78, 5) is 36.8. The molecular weight excluding hydrogens is 384 g/mol. The van der Waals surface area contributed by atoms with Crippen LogP contribution in [0.3, 0.4) is 0 Å². The summed E-state index contributed by atoms with van der Waals surface area (Å²) in [5.74, 6) is -0.629. The second-order valence-corrected chi connectivity index (χ2v) is 6.42. The van der Waals surface area contributed by atoms with Gasteiger partial charge in [-0.15, -0.1) is 0 Å². The molecule has 1 amide bonds. The minimum Gasteiger partial charge on any atom is -0.461 e. The number of carbonyl (C=O) groups is 2. The van der Waals surface area contributed by atoms with Crippen LogP contribution in [0.1, 0.15) is 56.1 Å². The SMILES string of the molecule is CC.CCN(CC)C(=O)c1ccc(C)cc1-c1ccc(COC(C)=O)cc1[N+](=O)[O-]. The minimum atomic E-state index is -0.486. The van der Waals surface area contributed by atoms with Crippen LogP contribution in [0, 0.1) is 17.0 Å². The third-order valence-electron chi connectivity index (χ3n) is 4.45. The molecule has 0 aliphatic rings. The van der Waals surface area contributed by atoms with E-state index in [1.165, 1.54) is 13.0 Å². The molecule has 0 fully saturated rings. The molecule has 30 heavy (non-hydrogen) atoms. The van der Waals surface area contributed by atoms with Crippen LogP contribution in [0.2, 0.25) is 0 Å². The van der Waals surface area contributed by atoms with E-state index in [1.807, 2.05) is 40.7 Å². The van der Waals surface area contributed by atoms with Gasteiger partial charge in [0.15, 0.2) is 0 Å². The monoisotopic (exact) mass is 414 g/mol. The highest BCUT2D eigenvalue weighted by molar-refractivity contribution is 6.02. The van der Waals surface area contributed by atoms with Crippen molar-refractivity contribution >= 4 is 17.6 Å². The van der Waals surface area contributed by atoms with Crippen molar-refractivity contribution < 1.29 is 19.2 Å². The highest BCUT2D eigenvalue weighted by Crippen LogP contribution is 2.34. The van der Waals surface area contributed by atoms with E-state index in [2.05, 4.69) is 0 Å². The molecule has 0 radical (unpaired) electrons. The molecule has 0 N–H and O–H groups in total. The van der Waals surface area contributed by atoms with Gasteiger partial charge in [-0.2, -0.15) is 0 Å². The second-order valence-electron chi connectivity index (χ2n) is 6.42. The lowest BCUT2D eigenvalue weighted by Crippen LogP contribution is -2.30. The Labute approximate surface area is 177 Å². The quantitative estimate of drug-likeness (QED) is 0.355. The number of aryl methyl sites for hydroxylation is 1. The van der Waals surface area contributed by atoms with Crippen LogP contribution >= 0.6 is 0 Å². The van der Waals surface area contributed by atoms with Gasteiger partial charge >= 0.3 is 5.97 Å². The molecular formula is C23H30N2O5. The first-order valence-corrected chi connectivity index (χ1v) is 10.1. The molecule has 0 saturated heterocycles. The third-order valence-corrected chi connectivity index (χ3v) is 4.45. The summed E-state index contributed by atoms with van der Waals surface area (Å²) in [7, 11) is 0.